The Labute approximate surface area is 127 Å². The van der Waals surface area contributed by atoms with Crippen LogP contribution in [0.3, 0.4) is 0 Å². The average Bonchev–Trinajstić information content (AvgIpc) is 3.08. The second-order valence-corrected chi connectivity index (χ2v) is 6.99. The third-order valence-corrected chi connectivity index (χ3v) is 5.36. The molecule has 0 saturated heterocycles. The first-order valence-corrected chi connectivity index (χ1v) is 8.96. The van der Waals surface area contributed by atoms with E-state index >= 15 is 0 Å². The molecule has 1 aliphatic carbocycles. The number of nitrogens with one attached hydrogen (secondary N) is 1. The maximum Gasteiger partial charge on any atom is 0.185 e. The van der Waals surface area contributed by atoms with Gasteiger partial charge < -0.3 is 10.2 Å². The summed E-state index contributed by atoms with van der Waals surface area (Å²) >= 11 is 1.88. The van der Waals surface area contributed by atoms with Crippen LogP contribution in [0, 0.1) is 5.92 Å². The quantitative estimate of drug-likeness (QED) is 0.739. The van der Waals surface area contributed by atoms with Crippen LogP contribution in [-0.4, -0.2) is 25.1 Å². The van der Waals surface area contributed by atoms with Crippen molar-refractivity contribution in [3.05, 3.63) is 10.6 Å². The van der Waals surface area contributed by atoms with Crippen molar-refractivity contribution in [1.29, 1.82) is 0 Å². The van der Waals surface area contributed by atoms with Crippen LogP contribution in [0.25, 0.3) is 0 Å². The molecule has 4 heteroatoms. The van der Waals surface area contributed by atoms with Crippen molar-refractivity contribution in [3.8, 4) is 0 Å². The first-order chi connectivity index (χ1) is 9.74. The molecule has 20 heavy (non-hydrogen) atoms. The minimum atomic E-state index is 0.885. The smallest absolute Gasteiger partial charge is 0.185 e. The normalized spacial score (nSPS) is 15.9. The molecule has 1 saturated carbocycles. The molecule has 0 aromatic carbocycles. The third kappa shape index (κ3) is 4.19. The first kappa shape index (κ1) is 15.8. The van der Waals surface area contributed by atoms with Crippen molar-refractivity contribution in [3.63, 3.8) is 0 Å². The van der Waals surface area contributed by atoms with E-state index in [0.29, 0.717) is 0 Å². The van der Waals surface area contributed by atoms with Gasteiger partial charge in [0.05, 0.1) is 5.69 Å². The van der Waals surface area contributed by atoms with E-state index in [1.165, 1.54) is 54.4 Å². The van der Waals surface area contributed by atoms with Crippen molar-refractivity contribution in [2.75, 3.05) is 25.0 Å². The summed E-state index contributed by atoms with van der Waals surface area (Å²) in [5, 5.41) is 4.71. The fourth-order valence-corrected chi connectivity index (χ4v) is 4.07. The zero-order chi connectivity index (χ0) is 14.4. The van der Waals surface area contributed by atoms with E-state index in [1.54, 1.807) is 0 Å². The van der Waals surface area contributed by atoms with Crippen LogP contribution in [0.15, 0.2) is 0 Å². The largest absolute Gasteiger partial charge is 0.351 e. The highest BCUT2D eigenvalue weighted by atomic mass is 32.1. The number of aromatic nitrogens is 1. The summed E-state index contributed by atoms with van der Waals surface area (Å²) in [4.78, 5) is 8.66. The molecule has 1 N–H and O–H groups in total. The minimum Gasteiger partial charge on any atom is -0.351 e. The predicted molar refractivity (Wildman–Crippen MR) is 88.7 cm³/mol. The van der Waals surface area contributed by atoms with Gasteiger partial charge in [-0.15, -0.1) is 11.3 Å². The summed E-state index contributed by atoms with van der Waals surface area (Å²) in [6.45, 7) is 7.67. The van der Waals surface area contributed by atoms with E-state index in [0.717, 1.165) is 25.4 Å². The van der Waals surface area contributed by atoms with Gasteiger partial charge in [0.1, 0.15) is 0 Å². The molecule has 0 atom stereocenters. The second-order valence-electron chi connectivity index (χ2n) is 5.93. The molecular formula is C16H29N3S. The minimum absolute atomic E-state index is 0.885. The van der Waals surface area contributed by atoms with Crippen molar-refractivity contribution < 1.29 is 0 Å². The molecule has 0 aliphatic heterocycles. The van der Waals surface area contributed by atoms with Crippen LogP contribution in [0.4, 0.5) is 5.13 Å². The van der Waals surface area contributed by atoms with Crippen molar-refractivity contribution in [1.82, 2.24) is 10.3 Å². The van der Waals surface area contributed by atoms with Crippen LogP contribution >= 0.6 is 11.3 Å². The molecule has 1 heterocycles. The van der Waals surface area contributed by atoms with Crippen LogP contribution in [-0.2, 0) is 13.0 Å². The third-order valence-electron chi connectivity index (χ3n) is 4.15. The van der Waals surface area contributed by atoms with Crippen LogP contribution in [0.5, 0.6) is 0 Å². The lowest BCUT2D eigenvalue weighted by Gasteiger charge is -2.19. The zero-order valence-corrected chi connectivity index (χ0v) is 14.1. The summed E-state index contributed by atoms with van der Waals surface area (Å²) in [5.41, 5.74) is 1.28. The molecule has 1 aliphatic rings. The summed E-state index contributed by atoms with van der Waals surface area (Å²) in [5.74, 6) is 0.885. The van der Waals surface area contributed by atoms with Crippen molar-refractivity contribution >= 4 is 16.5 Å². The predicted octanol–water partition coefficient (Wildman–Crippen LogP) is 3.83. The maximum atomic E-state index is 4.85. The van der Waals surface area contributed by atoms with Gasteiger partial charge in [0.15, 0.2) is 5.13 Å². The Kier molecular flexibility index (Phi) is 6.30. The standard InChI is InChI=1S/C16H29N3S/c1-4-10-17-11-15-14(5-2)18-16(20-15)19(3)12-13-8-6-7-9-13/h13,17H,4-12H2,1-3H3. The number of aryl methyl sites for hydroxylation is 1. The maximum absolute atomic E-state index is 4.85. The van der Waals surface area contributed by atoms with Crippen molar-refractivity contribution in [2.45, 2.75) is 58.9 Å². The molecule has 0 radical (unpaired) electrons. The molecule has 114 valence electrons. The Bertz CT molecular complexity index is 396. The Morgan fingerprint density at radius 3 is 2.70 bits per heavy atom. The second kappa shape index (κ2) is 7.99. The van der Waals surface area contributed by atoms with Gasteiger partial charge in [0, 0.05) is 25.0 Å². The van der Waals surface area contributed by atoms with Crippen LogP contribution in [0.1, 0.15) is 56.5 Å². The lowest BCUT2D eigenvalue weighted by atomic mass is 10.1. The molecule has 0 unspecified atom stereocenters. The zero-order valence-electron chi connectivity index (χ0n) is 13.2. The summed E-state index contributed by atoms with van der Waals surface area (Å²) in [6.07, 6.45) is 7.87. The molecule has 1 aromatic heterocycles. The monoisotopic (exact) mass is 295 g/mol. The highest BCUT2D eigenvalue weighted by Gasteiger charge is 2.19. The number of thiazole rings is 1. The van der Waals surface area contributed by atoms with E-state index in [-0.39, 0.29) is 0 Å². The highest BCUT2D eigenvalue weighted by Crippen LogP contribution is 2.30. The van der Waals surface area contributed by atoms with E-state index in [2.05, 4.69) is 31.1 Å². The lowest BCUT2D eigenvalue weighted by molar-refractivity contribution is 0.546. The topological polar surface area (TPSA) is 28.2 Å². The Morgan fingerprint density at radius 1 is 1.30 bits per heavy atom. The van der Waals surface area contributed by atoms with Crippen LogP contribution < -0.4 is 10.2 Å². The number of hydrogen-bond donors (Lipinski definition) is 1. The van der Waals surface area contributed by atoms with Gasteiger partial charge >= 0.3 is 0 Å². The summed E-state index contributed by atoms with van der Waals surface area (Å²) < 4.78 is 0. The Morgan fingerprint density at radius 2 is 2.05 bits per heavy atom. The van der Waals surface area contributed by atoms with Gasteiger partial charge in [-0.3, -0.25) is 0 Å². The number of nitrogens with zero attached hydrogens (tertiary/aromatic N) is 2. The Balaban J connectivity index is 1.95. The van der Waals surface area contributed by atoms with E-state index in [4.69, 9.17) is 4.98 Å². The number of hydrogen-bond acceptors (Lipinski definition) is 4. The summed E-state index contributed by atoms with van der Waals surface area (Å²) in [7, 11) is 2.21. The van der Waals surface area contributed by atoms with Crippen molar-refractivity contribution in [2.24, 2.45) is 5.92 Å². The fourth-order valence-electron chi connectivity index (χ4n) is 2.98. The highest BCUT2D eigenvalue weighted by molar-refractivity contribution is 7.15. The lowest BCUT2D eigenvalue weighted by Crippen LogP contribution is -2.23. The number of anilines is 1. The molecule has 0 amide bonds. The molecule has 3 nitrogen and oxygen atoms in total. The van der Waals surface area contributed by atoms with Gasteiger partial charge in [0.25, 0.3) is 0 Å². The molecule has 1 fully saturated rings. The van der Waals surface area contributed by atoms with Crippen LogP contribution in [0.2, 0.25) is 0 Å². The van der Waals surface area contributed by atoms with Gasteiger partial charge in [-0.1, -0.05) is 26.7 Å². The Hall–Kier alpha value is -0.610. The first-order valence-electron chi connectivity index (χ1n) is 8.15. The molecule has 1 aromatic rings. The average molecular weight is 295 g/mol. The molecular weight excluding hydrogens is 266 g/mol. The summed E-state index contributed by atoms with van der Waals surface area (Å²) in [6, 6.07) is 0. The molecule has 0 bridgehead atoms. The van der Waals surface area contributed by atoms with Gasteiger partial charge in [-0.25, -0.2) is 4.98 Å². The van der Waals surface area contributed by atoms with Gasteiger partial charge in [-0.05, 0) is 38.1 Å². The fraction of sp³-hybridized carbons (Fsp3) is 0.812. The van der Waals surface area contributed by atoms with Gasteiger partial charge in [-0.2, -0.15) is 0 Å². The molecule has 0 spiro atoms. The number of rotatable bonds is 8. The SMILES string of the molecule is CCCNCc1sc(N(C)CC2CCCC2)nc1CC. The van der Waals surface area contributed by atoms with E-state index in [1.807, 2.05) is 11.3 Å². The molecule has 2 rings (SSSR count). The van der Waals surface area contributed by atoms with Gasteiger partial charge in [0.2, 0.25) is 0 Å². The van der Waals surface area contributed by atoms with E-state index < -0.39 is 0 Å². The van der Waals surface area contributed by atoms with E-state index in [9.17, 15) is 0 Å².